The summed E-state index contributed by atoms with van der Waals surface area (Å²) < 4.78 is 26.8. The van der Waals surface area contributed by atoms with E-state index in [-0.39, 0.29) is 12.1 Å². The molecule has 2 heterocycles. The average Bonchev–Trinajstić information content (AvgIpc) is 3.22. The standard InChI is InChI=1S/C19H22F2N4OS/c20-13-7-12(8-14(21)9-13)10-25-6-5-16-17(11-25)27-19(23-16)24-18(26)22-15-3-1-2-4-15/h7-9,15H,1-6,10-11H2,(H2,22,23,24,26). The van der Waals surface area contributed by atoms with Gasteiger partial charge in [0.2, 0.25) is 0 Å². The van der Waals surface area contributed by atoms with Crippen LogP contribution in [0.2, 0.25) is 0 Å². The van der Waals surface area contributed by atoms with E-state index in [0.29, 0.717) is 23.8 Å². The first-order chi connectivity index (χ1) is 13.0. The van der Waals surface area contributed by atoms with Crippen molar-refractivity contribution in [3.8, 4) is 0 Å². The number of aromatic nitrogens is 1. The zero-order chi connectivity index (χ0) is 18.8. The highest BCUT2D eigenvalue weighted by Crippen LogP contribution is 2.29. The summed E-state index contributed by atoms with van der Waals surface area (Å²) >= 11 is 1.47. The van der Waals surface area contributed by atoms with Gasteiger partial charge in [-0.1, -0.05) is 12.8 Å². The van der Waals surface area contributed by atoms with Crippen LogP contribution < -0.4 is 10.6 Å². The third-order valence-electron chi connectivity index (χ3n) is 5.05. The zero-order valence-corrected chi connectivity index (χ0v) is 15.7. The van der Waals surface area contributed by atoms with Crippen LogP contribution in [0.25, 0.3) is 0 Å². The minimum atomic E-state index is -0.555. The van der Waals surface area contributed by atoms with Gasteiger partial charge in [-0.3, -0.25) is 10.2 Å². The third-order valence-corrected chi connectivity index (χ3v) is 6.05. The molecule has 2 aliphatic rings. The fourth-order valence-electron chi connectivity index (χ4n) is 3.79. The Bertz CT molecular complexity index is 815. The summed E-state index contributed by atoms with van der Waals surface area (Å²) in [6.45, 7) is 1.91. The van der Waals surface area contributed by atoms with E-state index in [1.54, 1.807) is 0 Å². The van der Waals surface area contributed by atoms with Crippen LogP contribution in [0.1, 0.15) is 41.8 Å². The number of nitrogens with zero attached hydrogens (tertiary/aromatic N) is 2. The van der Waals surface area contributed by atoms with Gasteiger partial charge in [0.05, 0.1) is 5.69 Å². The van der Waals surface area contributed by atoms with Gasteiger partial charge in [0.1, 0.15) is 11.6 Å². The summed E-state index contributed by atoms with van der Waals surface area (Å²) in [5.74, 6) is -1.11. The lowest BCUT2D eigenvalue weighted by molar-refractivity contribution is 0.246. The number of hydrogen-bond acceptors (Lipinski definition) is 4. The molecule has 1 aliphatic heterocycles. The lowest BCUT2D eigenvalue weighted by atomic mass is 10.1. The lowest BCUT2D eigenvalue weighted by Crippen LogP contribution is -2.36. The van der Waals surface area contributed by atoms with E-state index >= 15 is 0 Å². The van der Waals surface area contributed by atoms with Crippen LogP contribution in [0.15, 0.2) is 18.2 Å². The second kappa shape index (κ2) is 7.90. The first kappa shape index (κ1) is 18.3. The molecule has 2 N–H and O–H groups in total. The van der Waals surface area contributed by atoms with E-state index in [4.69, 9.17) is 0 Å². The molecule has 1 aromatic carbocycles. The first-order valence-electron chi connectivity index (χ1n) is 9.28. The van der Waals surface area contributed by atoms with E-state index < -0.39 is 11.6 Å². The highest BCUT2D eigenvalue weighted by Gasteiger charge is 2.23. The van der Waals surface area contributed by atoms with E-state index in [1.165, 1.54) is 36.3 Å². The minimum absolute atomic E-state index is 0.194. The highest BCUT2D eigenvalue weighted by atomic mass is 32.1. The number of benzene rings is 1. The molecule has 0 saturated heterocycles. The van der Waals surface area contributed by atoms with Crippen LogP contribution in [0.3, 0.4) is 0 Å². The molecule has 1 saturated carbocycles. The molecule has 0 atom stereocenters. The molecule has 8 heteroatoms. The van der Waals surface area contributed by atoms with Gasteiger partial charge in [-0.05, 0) is 30.5 Å². The largest absolute Gasteiger partial charge is 0.335 e. The van der Waals surface area contributed by atoms with E-state index in [1.807, 2.05) is 0 Å². The Labute approximate surface area is 160 Å². The van der Waals surface area contributed by atoms with Gasteiger partial charge in [0.15, 0.2) is 5.13 Å². The van der Waals surface area contributed by atoms with Crippen LogP contribution in [0.5, 0.6) is 0 Å². The van der Waals surface area contributed by atoms with Crippen molar-refractivity contribution in [2.75, 3.05) is 11.9 Å². The Kier molecular flexibility index (Phi) is 5.36. The van der Waals surface area contributed by atoms with Crippen LogP contribution >= 0.6 is 11.3 Å². The van der Waals surface area contributed by atoms with Gasteiger partial charge in [-0.25, -0.2) is 18.6 Å². The first-order valence-corrected chi connectivity index (χ1v) is 10.1. The molecular formula is C19H22F2N4OS. The summed E-state index contributed by atoms with van der Waals surface area (Å²) in [6.07, 6.45) is 5.17. The number of hydrogen-bond donors (Lipinski definition) is 2. The molecule has 0 spiro atoms. The monoisotopic (exact) mass is 392 g/mol. The molecule has 144 valence electrons. The second-order valence-corrected chi connectivity index (χ2v) is 8.29. The van der Waals surface area contributed by atoms with Gasteiger partial charge >= 0.3 is 6.03 Å². The molecule has 1 aliphatic carbocycles. The highest BCUT2D eigenvalue weighted by molar-refractivity contribution is 7.15. The number of urea groups is 1. The normalized spacial score (nSPS) is 17.7. The number of rotatable bonds is 4. The number of amides is 2. The van der Waals surface area contributed by atoms with Crippen molar-refractivity contribution < 1.29 is 13.6 Å². The zero-order valence-electron chi connectivity index (χ0n) is 14.9. The van der Waals surface area contributed by atoms with Crippen molar-refractivity contribution in [2.24, 2.45) is 0 Å². The molecule has 0 radical (unpaired) electrons. The molecule has 1 aromatic heterocycles. The van der Waals surface area contributed by atoms with Crippen molar-refractivity contribution in [1.82, 2.24) is 15.2 Å². The molecule has 27 heavy (non-hydrogen) atoms. The Hall–Kier alpha value is -2.06. The fraction of sp³-hybridized carbons (Fsp3) is 0.474. The predicted octanol–water partition coefficient (Wildman–Crippen LogP) is 4.04. The quantitative estimate of drug-likeness (QED) is 0.826. The van der Waals surface area contributed by atoms with E-state index in [9.17, 15) is 13.6 Å². The minimum Gasteiger partial charge on any atom is -0.335 e. The van der Waals surface area contributed by atoms with E-state index in [2.05, 4.69) is 20.5 Å². The Morgan fingerprint density at radius 2 is 1.96 bits per heavy atom. The molecule has 1 fully saturated rings. The molecule has 5 nitrogen and oxygen atoms in total. The van der Waals surface area contributed by atoms with Crippen molar-refractivity contribution >= 4 is 22.5 Å². The Morgan fingerprint density at radius 3 is 2.70 bits per heavy atom. The van der Waals surface area contributed by atoms with Gasteiger partial charge < -0.3 is 5.32 Å². The summed E-state index contributed by atoms with van der Waals surface area (Å²) in [6, 6.07) is 3.69. The molecule has 2 aromatic rings. The maximum atomic E-state index is 13.4. The molecule has 0 unspecified atom stereocenters. The van der Waals surface area contributed by atoms with Gasteiger partial charge in [-0.15, -0.1) is 11.3 Å². The van der Waals surface area contributed by atoms with Gasteiger partial charge in [-0.2, -0.15) is 0 Å². The van der Waals surface area contributed by atoms with Crippen LogP contribution in [0, 0.1) is 11.6 Å². The Morgan fingerprint density at radius 1 is 1.22 bits per heavy atom. The van der Waals surface area contributed by atoms with E-state index in [0.717, 1.165) is 42.4 Å². The number of thiazole rings is 1. The maximum Gasteiger partial charge on any atom is 0.321 e. The number of carbonyl (C=O) groups is 1. The van der Waals surface area contributed by atoms with Crippen molar-refractivity contribution in [3.63, 3.8) is 0 Å². The third kappa shape index (κ3) is 4.62. The van der Waals surface area contributed by atoms with Crippen molar-refractivity contribution in [2.45, 2.75) is 51.2 Å². The number of carbonyl (C=O) groups excluding carboxylic acids is 1. The summed E-state index contributed by atoms with van der Waals surface area (Å²) in [5.41, 5.74) is 1.62. The SMILES string of the molecule is O=C(Nc1nc2c(s1)CN(Cc1cc(F)cc(F)c1)CC2)NC1CCCC1. The molecule has 0 bridgehead atoms. The summed E-state index contributed by atoms with van der Waals surface area (Å²) in [5, 5.41) is 6.45. The smallest absolute Gasteiger partial charge is 0.321 e. The van der Waals surface area contributed by atoms with Crippen LogP contribution in [-0.2, 0) is 19.5 Å². The summed E-state index contributed by atoms with van der Waals surface area (Å²) in [7, 11) is 0. The molecule has 4 rings (SSSR count). The number of fused-ring (bicyclic) bond motifs is 1. The van der Waals surface area contributed by atoms with Crippen LogP contribution in [-0.4, -0.2) is 28.5 Å². The van der Waals surface area contributed by atoms with Gasteiger partial charge in [0.25, 0.3) is 0 Å². The Balaban J connectivity index is 1.36. The lowest BCUT2D eigenvalue weighted by Gasteiger charge is -2.25. The average molecular weight is 392 g/mol. The molecular weight excluding hydrogens is 370 g/mol. The van der Waals surface area contributed by atoms with Crippen molar-refractivity contribution in [1.29, 1.82) is 0 Å². The predicted molar refractivity (Wildman–Crippen MR) is 101 cm³/mol. The second-order valence-electron chi connectivity index (χ2n) is 7.21. The molecule has 2 amide bonds. The van der Waals surface area contributed by atoms with Gasteiger partial charge in [0, 0.05) is 43.0 Å². The topological polar surface area (TPSA) is 57.3 Å². The number of nitrogens with one attached hydrogen (secondary N) is 2. The van der Waals surface area contributed by atoms with Crippen LogP contribution in [0.4, 0.5) is 18.7 Å². The van der Waals surface area contributed by atoms with Crippen molar-refractivity contribution in [3.05, 3.63) is 46.0 Å². The summed E-state index contributed by atoms with van der Waals surface area (Å²) in [4.78, 5) is 19.9. The number of halogens is 2. The fourth-order valence-corrected chi connectivity index (χ4v) is 4.83. The maximum absolute atomic E-state index is 13.4. The number of anilines is 1.